The second-order valence-corrected chi connectivity index (χ2v) is 9.85. The fourth-order valence-corrected chi connectivity index (χ4v) is 6.17. The normalized spacial score (nSPS) is 20.0. The van der Waals surface area contributed by atoms with Gasteiger partial charge in [-0.1, -0.05) is 0 Å². The summed E-state index contributed by atoms with van der Waals surface area (Å²) in [5.74, 6) is 0.602. The van der Waals surface area contributed by atoms with E-state index in [0.717, 1.165) is 5.56 Å². The predicted octanol–water partition coefficient (Wildman–Crippen LogP) is 3.36. The average Bonchev–Trinajstić information content (AvgIpc) is 3.62. The Bertz CT molecular complexity index is 1090. The van der Waals surface area contributed by atoms with Crippen molar-refractivity contribution in [2.75, 3.05) is 46.8 Å². The summed E-state index contributed by atoms with van der Waals surface area (Å²) in [7, 11) is 4.46. The van der Waals surface area contributed by atoms with E-state index in [1.807, 2.05) is 0 Å². The van der Waals surface area contributed by atoms with Crippen LogP contribution in [0.25, 0.3) is 0 Å². The molecule has 2 aromatic rings. The minimum atomic E-state index is -0.685. The molecule has 2 saturated heterocycles. The topological polar surface area (TPSA) is 108 Å². The lowest BCUT2D eigenvalue weighted by molar-refractivity contribution is -0.151. The van der Waals surface area contributed by atoms with Crippen molar-refractivity contribution in [1.82, 2.24) is 9.80 Å². The Hall–Kier alpha value is -3.34. The second kappa shape index (κ2) is 11.8. The summed E-state index contributed by atoms with van der Waals surface area (Å²) in [5.41, 5.74) is 1.10. The molecule has 2 atom stereocenters. The molecular weight excluding hydrogens is 500 g/mol. The van der Waals surface area contributed by atoms with E-state index < -0.39 is 11.4 Å². The summed E-state index contributed by atoms with van der Waals surface area (Å²) >= 11 is 1.51. The molecular formula is C26H32N2O8S. The van der Waals surface area contributed by atoms with Crippen molar-refractivity contribution >= 4 is 29.5 Å². The van der Waals surface area contributed by atoms with Gasteiger partial charge >= 0.3 is 5.97 Å². The molecule has 0 spiro atoms. The molecule has 2 aliphatic rings. The lowest BCUT2D eigenvalue weighted by Gasteiger charge is -2.35. The summed E-state index contributed by atoms with van der Waals surface area (Å²) in [6.07, 6.45) is 4.21. The summed E-state index contributed by atoms with van der Waals surface area (Å²) in [6.45, 7) is 2.99. The Morgan fingerprint density at radius 1 is 1.05 bits per heavy atom. The van der Waals surface area contributed by atoms with Crippen molar-refractivity contribution in [2.24, 2.45) is 5.92 Å². The number of thioether (sulfide) groups is 1. The van der Waals surface area contributed by atoms with Gasteiger partial charge in [-0.25, -0.2) is 0 Å². The lowest BCUT2D eigenvalue weighted by atomic mass is 9.96. The summed E-state index contributed by atoms with van der Waals surface area (Å²) < 4.78 is 26.7. The standard InChI is InChI=1S/C26H32N2O8S/c1-5-36-26(31)16-6-9-27(10-7-16)24(30)19-15-37-25(17-8-11-35-14-17)28(19)23(29)18-12-20(32-2)22(34-4)21(13-18)33-3/h8,11-14,16,19,25H,5-7,9-10,15H2,1-4H3. The fourth-order valence-electron chi connectivity index (χ4n) is 4.78. The van der Waals surface area contributed by atoms with Gasteiger partial charge in [0.1, 0.15) is 11.4 Å². The first-order valence-corrected chi connectivity index (χ1v) is 13.2. The molecule has 2 amide bonds. The summed E-state index contributed by atoms with van der Waals surface area (Å²) in [6, 6.07) is 4.29. The zero-order chi connectivity index (χ0) is 26.5. The Labute approximate surface area is 220 Å². The molecule has 0 aliphatic carbocycles. The van der Waals surface area contributed by atoms with E-state index >= 15 is 0 Å². The Morgan fingerprint density at radius 2 is 1.73 bits per heavy atom. The molecule has 11 heteroatoms. The number of esters is 1. The van der Waals surface area contributed by atoms with Crippen molar-refractivity contribution in [3.05, 3.63) is 41.9 Å². The highest BCUT2D eigenvalue weighted by molar-refractivity contribution is 7.99. The first-order valence-electron chi connectivity index (χ1n) is 12.1. The second-order valence-electron chi connectivity index (χ2n) is 8.74. The van der Waals surface area contributed by atoms with E-state index in [1.54, 1.807) is 47.4 Å². The third kappa shape index (κ3) is 5.36. The number of methoxy groups -OCH3 is 3. The summed E-state index contributed by atoms with van der Waals surface area (Å²) in [5, 5.41) is -0.406. The van der Waals surface area contributed by atoms with Crippen LogP contribution in [0.1, 0.15) is 41.1 Å². The third-order valence-corrected chi connectivity index (χ3v) is 8.01. The van der Waals surface area contributed by atoms with Gasteiger partial charge in [-0.05, 0) is 38.0 Å². The first kappa shape index (κ1) is 26.7. The number of benzene rings is 1. The molecule has 2 fully saturated rings. The zero-order valence-corrected chi connectivity index (χ0v) is 22.2. The number of amides is 2. The molecule has 4 rings (SSSR count). The van der Waals surface area contributed by atoms with E-state index in [4.69, 9.17) is 23.4 Å². The van der Waals surface area contributed by atoms with Crippen LogP contribution in [0.4, 0.5) is 0 Å². The predicted molar refractivity (Wildman–Crippen MR) is 136 cm³/mol. The maximum atomic E-state index is 14.0. The maximum Gasteiger partial charge on any atom is 0.309 e. The van der Waals surface area contributed by atoms with Crippen LogP contribution in [-0.2, 0) is 14.3 Å². The minimum Gasteiger partial charge on any atom is -0.493 e. The van der Waals surface area contributed by atoms with Gasteiger partial charge in [0.05, 0.1) is 46.4 Å². The van der Waals surface area contributed by atoms with Crippen LogP contribution in [0.5, 0.6) is 17.2 Å². The molecule has 0 N–H and O–H groups in total. The number of likely N-dealkylation sites (tertiary alicyclic amines) is 1. The SMILES string of the molecule is CCOC(=O)C1CCN(C(=O)C2CSC(c3ccoc3)N2C(=O)c2cc(OC)c(OC)c(OC)c2)CC1. The molecule has 2 aliphatic heterocycles. The van der Waals surface area contributed by atoms with Gasteiger partial charge in [0.15, 0.2) is 11.5 Å². The van der Waals surface area contributed by atoms with Crippen LogP contribution in [0.2, 0.25) is 0 Å². The highest BCUT2D eigenvalue weighted by Gasteiger charge is 2.45. The number of carbonyl (C=O) groups is 3. The first-order chi connectivity index (χ1) is 17.9. The highest BCUT2D eigenvalue weighted by atomic mass is 32.2. The number of rotatable bonds is 8. The smallest absolute Gasteiger partial charge is 0.309 e. The maximum absolute atomic E-state index is 14.0. The van der Waals surface area contributed by atoms with Crippen LogP contribution in [0.15, 0.2) is 35.1 Å². The zero-order valence-electron chi connectivity index (χ0n) is 21.4. The van der Waals surface area contributed by atoms with E-state index in [0.29, 0.717) is 61.1 Å². The van der Waals surface area contributed by atoms with Gasteiger partial charge in [-0.2, -0.15) is 0 Å². The molecule has 0 radical (unpaired) electrons. The number of carbonyl (C=O) groups excluding carboxylic acids is 3. The molecule has 10 nitrogen and oxygen atoms in total. The fraction of sp³-hybridized carbons (Fsp3) is 0.500. The van der Waals surface area contributed by atoms with E-state index in [1.165, 1.54) is 33.1 Å². The number of hydrogen-bond acceptors (Lipinski definition) is 9. The van der Waals surface area contributed by atoms with Gasteiger partial charge < -0.3 is 33.2 Å². The van der Waals surface area contributed by atoms with Crippen molar-refractivity contribution < 1.29 is 37.7 Å². The van der Waals surface area contributed by atoms with Crippen LogP contribution in [0, 0.1) is 5.92 Å². The van der Waals surface area contributed by atoms with Crippen LogP contribution in [-0.4, -0.2) is 80.4 Å². The monoisotopic (exact) mass is 532 g/mol. The number of furan rings is 1. The third-order valence-electron chi connectivity index (χ3n) is 6.69. The van der Waals surface area contributed by atoms with E-state index in [2.05, 4.69) is 0 Å². The highest BCUT2D eigenvalue weighted by Crippen LogP contribution is 2.45. The molecule has 200 valence electrons. The number of hydrogen-bond donors (Lipinski definition) is 0. The molecule has 3 heterocycles. The Morgan fingerprint density at radius 3 is 2.27 bits per heavy atom. The van der Waals surface area contributed by atoms with Crippen LogP contribution >= 0.6 is 11.8 Å². The number of nitrogens with zero attached hydrogens (tertiary/aromatic N) is 2. The van der Waals surface area contributed by atoms with E-state index in [9.17, 15) is 14.4 Å². The number of piperidine rings is 1. The minimum absolute atomic E-state index is 0.137. The van der Waals surface area contributed by atoms with Crippen molar-refractivity contribution in [3.63, 3.8) is 0 Å². The number of ether oxygens (including phenoxy) is 4. The molecule has 1 aromatic heterocycles. The molecule has 0 bridgehead atoms. The lowest BCUT2D eigenvalue weighted by Crippen LogP contribution is -2.51. The molecule has 37 heavy (non-hydrogen) atoms. The Kier molecular flexibility index (Phi) is 8.52. The molecule has 0 saturated carbocycles. The van der Waals surface area contributed by atoms with Crippen LogP contribution < -0.4 is 14.2 Å². The Balaban J connectivity index is 1.61. The van der Waals surface area contributed by atoms with Gasteiger partial charge in [0.2, 0.25) is 11.7 Å². The van der Waals surface area contributed by atoms with Crippen molar-refractivity contribution in [1.29, 1.82) is 0 Å². The van der Waals surface area contributed by atoms with Gasteiger partial charge in [-0.3, -0.25) is 14.4 Å². The van der Waals surface area contributed by atoms with Gasteiger partial charge in [0.25, 0.3) is 5.91 Å². The van der Waals surface area contributed by atoms with Gasteiger partial charge in [0, 0.05) is 30.0 Å². The average molecular weight is 533 g/mol. The van der Waals surface area contributed by atoms with E-state index in [-0.39, 0.29) is 23.7 Å². The van der Waals surface area contributed by atoms with Crippen molar-refractivity contribution in [3.8, 4) is 17.2 Å². The van der Waals surface area contributed by atoms with Crippen molar-refractivity contribution in [2.45, 2.75) is 31.2 Å². The summed E-state index contributed by atoms with van der Waals surface area (Å²) in [4.78, 5) is 43.2. The van der Waals surface area contributed by atoms with Gasteiger partial charge in [-0.15, -0.1) is 11.8 Å². The molecule has 1 aromatic carbocycles. The van der Waals surface area contributed by atoms with Crippen LogP contribution in [0.3, 0.4) is 0 Å². The largest absolute Gasteiger partial charge is 0.493 e. The quantitative estimate of drug-likeness (QED) is 0.473. The molecule has 2 unspecified atom stereocenters.